The highest BCUT2D eigenvalue weighted by Gasteiger charge is 2.36. The Kier molecular flexibility index (Phi) is 4.74. The van der Waals surface area contributed by atoms with Crippen LogP contribution in [0.4, 0.5) is 0 Å². The van der Waals surface area contributed by atoms with Gasteiger partial charge in [-0.15, -0.1) is 0 Å². The lowest BCUT2D eigenvalue weighted by atomic mass is 9.93. The van der Waals surface area contributed by atoms with E-state index in [4.69, 9.17) is 5.11 Å². The minimum absolute atomic E-state index is 0.0308. The monoisotopic (exact) mass is 228 g/mol. The molecule has 0 aromatic carbocycles. The Labute approximate surface area is 98.0 Å². The van der Waals surface area contributed by atoms with Crippen LogP contribution in [0.5, 0.6) is 0 Å². The summed E-state index contributed by atoms with van der Waals surface area (Å²) < 4.78 is 0. The van der Waals surface area contributed by atoms with Crippen LogP contribution in [0, 0.1) is 0 Å². The highest BCUT2D eigenvalue weighted by Crippen LogP contribution is 2.24. The van der Waals surface area contributed by atoms with Crippen LogP contribution in [0.2, 0.25) is 0 Å². The molecule has 0 radical (unpaired) electrons. The Morgan fingerprint density at radius 2 is 2.25 bits per heavy atom. The number of likely N-dealkylation sites (tertiary alicyclic amines) is 1. The van der Waals surface area contributed by atoms with Crippen LogP contribution < -0.4 is 5.32 Å². The molecule has 1 heterocycles. The third-order valence-corrected chi connectivity index (χ3v) is 3.34. The Morgan fingerprint density at radius 1 is 1.56 bits per heavy atom. The van der Waals surface area contributed by atoms with Crippen molar-refractivity contribution in [2.45, 2.75) is 51.6 Å². The van der Waals surface area contributed by atoms with Gasteiger partial charge in [-0.25, -0.2) is 0 Å². The maximum Gasteiger partial charge on any atom is 0.240 e. The molecule has 4 heteroatoms. The zero-order valence-electron chi connectivity index (χ0n) is 10.6. The maximum absolute atomic E-state index is 12.2. The second-order valence-electron chi connectivity index (χ2n) is 5.03. The first-order valence-corrected chi connectivity index (χ1v) is 6.18. The summed E-state index contributed by atoms with van der Waals surface area (Å²) in [7, 11) is 0. The van der Waals surface area contributed by atoms with Gasteiger partial charge in [-0.1, -0.05) is 6.92 Å². The fourth-order valence-electron chi connectivity index (χ4n) is 2.32. The summed E-state index contributed by atoms with van der Waals surface area (Å²) in [5.74, 6) is 0.187. The number of nitrogens with zero attached hydrogens (tertiary/aromatic N) is 1. The molecular formula is C12H24N2O2. The van der Waals surface area contributed by atoms with E-state index in [1.54, 1.807) is 0 Å². The summed E-state index contributed by atoms with van der Waals surface area (Å²) in [5.41, 5.74) is -0.236. The van der Waals surface area contributed by atoms with Crippen LogP contribution in [0.3, 0.4) is 0 Å². The van der Waals surface area contributed by atoms with Gasteiger partial charge < -0.3 is 15.3 Å². The number of aliphatic hydroxyl groups excluding tert-OH is 1. The number of carbonyl (C=O) groups excluding carboxylic acids is 1. The molecule has 2 N–H and O–H groups in total. The number of hydrogen-bond acceptors (Lipinski definition) is 3. The van der Waals surface area contributed by atoms with Crippen LogP contribution in [0.25, 0.3) is 0 Å². The lowest BCUT2D eigenvalue weighted by molar-refractivity contribution is -0.142. The molecular weight excluding hydrogens is 204 g/mol. The lowest BCUT2D eigenvalue weighted by Crippen LogP contribution is -2.58. The summed E-state index contributed by atoms with van der Waals surface area (Å²) in [5, 5.41) is 12.3. The van der Waals surface area contributed by atoms with E-state index in [1.807, 2.05) is 25.7 Å². The first-order chi connectivity index (χ1) is 7.53. The van der Waals surface area contributed by atoms with Crippen LogP contribution in [-0.4, -0.2) is 47.2 Å². The molecule has 0 aromatic heterocycles. The van der Waals surface area contributed by atoms with E-state index in [9.17, 15) is 4.79 Å². The molecule has 1 unspecified atom stereocenters. The summed E-state index contributed by atoms with van der Waals surface area (Å²) in [6.45, 7) is 7.83. The van der Waals surface area contributed by atoms with Gasteiger partial charge in [0.05, 0.1) is 6.04 Å². The fourth-order valence-corrected chi connectivity index (χ4v) is 2.32. The summed E-state index contributed by atoms with van der Waals surface area (Å²) in [6.07, 6.45) is 2.61. The average Bonchev–Trinajstić information content (AvgIpc) is 2.21. The standard InChI is InChI=1S/C12H24N2O2/c1-4-13-10-6-5-8-14(11(10)16)12(2,3)7-9-15/h10,13,15H,4-9H2,1-3H3. The van der Waals surface area contributed by atoms with E-state index in [-0.39, 0.29) is 24.1 Å². The van der Waals surface area contributed by atoms with E-state index in [0.717, 1.165) is 25.9 Å². The van der Waals surface area contributed by atoms with Gasteiger partial charge in [0, 0.05) is 18.7 Å². The minimum atomic E-state index is -0.236. The molecule has 4 nitrogen and oxygen atoms in total. The van der Waals surface area contributed by atoms with Crippen molar-refractivity contribution >= 4 is 5.91 Å². The molecule has 0 saturated carbocycles. The predicted octanol–water partition coefficient (Wildman–Crippen LogP) is 0.748. The Hall–Kier alpha value is -0.610. The zero-order chi connectivity index (χ0) is 12.2. The van der Waals surface area contributed by atoms with Gasteiger partial charge in [-0.2, -0.15) is 0 Å². The number of likely N-dealkylation sites (N-methyl/N-ethyl adjacent to an activating group) is 1. The van der Waals surface area contributed by atoms with Crippen molar-refractivity contribution in [3.05, 3.63) is 0 Å². The van der Waals surface area contributed by atoms with Crippen molar-refractivity contribution in [1.82, 2.24) is 10.2 Å². The van der Waals surface area contributed by atoms with Crippen molar-refractivity contribution in [3.63, 3.8) is 0 Å². The number of piperidine rings is 1. The van der Waals surface area contributed by atoms with Crippen LogP contribution in [0.1, 0.15) is 40.0 Å². The van der Waals surface area contributed by atoms with Gasteiger partial charge >= 0.3 is 0 Å². The van der Waals surface area contributed by atoms with E-state index in [1.165, 1.54) is 0 Å². The molecule has 1 fully saturated rings. The number of amides is 1. The van der Waals surface area contributed by atoms with Gasteiger partial charge in [-0.05, 0) is 39.7 Å². The van der Waals surface area contributed by atoms with Gasteiger partial charge in [0.15, 0.2) is 0 Å². The minimum Gasteiger partial charge on any atom is -0.396 e. The van der Waals surface area contributed by atoms with Gasteiger partial charge in [-0.3, -0.25) is 4.79 Å². The SMILES string of the molecule is CCNC1CCCN(C(C)(C)CCO)C1=O. The van der Waals surface area contributed by atoms with Gasteiger partial charge in [0.25, 0.3) is 0 Å². The Morgan fingerprint density at radius 3 is 2.81 bits per heavy atom. The number of carbonyl (C=O) groups is 1. The van der Waals surface area contributed by atoms with Crippen molar-refractivity contribution in [2.75, 3.05) is 19.7 Å². The topological polar surface area (TPSA) is 52.6 Å². The largest absolute Gasteiger partial charge is 0.396 e. The van der Waals surface area contributed by atoms with Crippen molar-refractivity contribution in [1.29, 1.82) is 0 Å². The number of rotatable bonds is 5. The maximum atomic E-state index is 12.2. The lowest BCUT2D eigenvalue weighted by Gasteiger charge is -2.43. The summed E-state index contributed by atoms with van der Waals surface area (Å²) in [6, 6.07) is -0.0308. The second-order valence-corrected chi connectivity index (χ2v) is 5.03. The van der Waals surface area contributed by atoms with Crippen LogP contribution in [-0.2, 0) is 4.79 Å². The molecule has 1 rings (SSSR count). The highest BCUT2D eigenvalue weighted by molar-refractivity contribution is 5.83. The first kappa shape index (κ1) is 13.5. The van der Waals surface area contributed by atoms with Crippen molar-refractivity contribution in [2.24, 2.45) is 0 Å². The van der Waals surface area contributed by atoms with Crippen LogP contribution >= 0.6 is 0 Å². The summed E-state index contributed by atoms with van der Waals surface area (Å²) >= 11 is 0. The number of hydrogen-bond donors (Lipinski definition) is 2. The normalized spacial score (nSPS) is 22.6. The molecule has 1 atom stereocenters. The van der Waals surface area contributed by atoms with Gasteiger partial charge in [0.2, 0.25) is 5.91 Å². The second kappa shape index (κ2) is 5.64. The van der Waals surface area contributed by atoms with Crippen LogP contribution in [0.15, 0.2) is 0 Å². The quantitative estimate of drug-likeness (QED) is 0.730. The molecule has 16 heavy (non-hydrogen) atoms. The van der Waals surface area contributed by atoms with E-state index in [0.29, 0.717) is 6.42 Å². The smallest absolute Gasteiger partial charge is 0.240 e. The molecule has 94 valence electrons. The molecule has 1 amide bonds. The van der Waals surface area contributed by atoms with E-state index < -0.39 is 0 Å². The number of nitrogens with one attached hydrogen (secondary N) is 1. The van der Waals surface area contributed by atoms with Gasteiger partial charge in [0.1, 0.15) is 0 Å². The van der Waals surface area contributed by atoms with E-state index >= 15 is 0 Å². The molecule has 0 spiro atoms. The number of aliphatic hydroxyl groups is 1. The molecule has 0 bridgehead atoms. The third-order valence-electron chi connectivity index (χ3n) is 3.34. The molecule has 1 saturated heterocycles. The molecule has 1 aliphatic rings. The molecule has 0 aromatic rings. The first-order valence-electron chi connectivity index (χ1n) is 6.18. The molecule has 1 aliphatic heterocycles. The molecule has 0 aliphatic carbocycles. The predicted molar refractivity (Wildman–Crippen MR) is 64.2 cm³/mol. The fraction of sp³-hybridized carbons (Fsp3) is 0.917. The Balaban J connectivity index is 2.69. The van der Waals surface area contributed by atoms with E-state index in [2.05, 4.69) is 5.32 Å². The van der Waals surface area contributed by atoms with Crippen molar-refractivity contribution in [3.8, 4) is 0 Å². The zero-order valence-corrected chi connectivity index (χ0v) is 10.6. The summed E-state index contributed by atoms with van der Waals surface area (Å²) in [4.78, 5) is 14.1. The Bertz CT molecular complexity index is 239. The third kappa shape index (κ3) is 2.95. The highest BCUT2D eigenvalue weighted by atomic mass is 16.3. The average molecular weight is 228 g/mol. The van der Waals surface area contributed by atoms with Crippen molar-refractivity contribution < 1.29 is 9.90 Å².